The van der Waals surface area contributed by atoms with Gasteiger partial charge in [-0.1, -0.05) is 0 Å². The van der Waals surface area contributed by atoms with Crippen molar-refractivity contribution in [1.29, 1.82) is 5.26 Å². The summed E-state index contributed by atoms with van der Waals surface area (Å²) < 4.78 is 60.8. The van der Waals surface area contributed by atoms with Crippen molar-refractivity contribution in [3.05, 3.63) is 53.3 Å². The summed E-state index contributed by atoms with van der Waals surface area (Å²) in [4.78, 5) is 27.5. The molecule has 2 aliphatic rings. The van der Waals surface area contributed by atoms with E-state index >= 15 is 0 Å². The van der Waals surface area contributed by atoms with Gasteiger partial charge in [-0.15, -0.1) is 0 Å². The summed E-state index contributed by atoms with van der Waals surface area (Å²) in [5.74, 6) is -1.56. The monoisotopic (exact) mass is 522 g/mol. The van der Waals surface area contributed by atoms with Gasteiger partial charge in [0.15, 0.2) is 16.7 Å². The first kappa shape index (κ1) is 25.2. The molecule has 0 aromatic heterocycles. The maximum Gasteiger partial charge on any atom is 0.417 e. The second-order valence-electron chi connectivity index (χ2n) is 8.70. The second-order valence-corrected chi connectivity index (χ2v) is 9.06. The third kappa shape index (κ3) is 4.17. The van der Waals surface area contributed by atoms with Gasteiger partial charge >= 0.3 is 12.3 Å². The van der Waals surface area contributed by atoms with Gasteiger partial charge in [0.2, 0.25) is 0 Å². The first-order chi connectivity index (χ1) is 16.8. The van der Waals surface area contributed by atoms with Crippen LogP contribution in [-0.2, 0) is 11.0 Å². The average Bonchev–Trinajstić information content (AvgIpc) is 2.93. The molecule has 2 saturated heterocycles. The smallest absolute Gasteiger partial charge is 0.417 e. The van der Waals surface area contributed by atoms with E-state index < -0.39 is 46.8 Å². The van der Waals surface area contributed by atoms with Crippen LogP contribution < -0.4 is 14.5 Å². The number of alkyl halides is 3. The molecule has 2 heterocycles. The highest BCUT2D eigenvalue weighted by Crippen LogP contribution is 2.40. The Kier molecular flexibility index (Phi) is 6.04. The normalized spacial score (nSPS) is 17.8. The fraction of sp³-hybridized carbons (Fsp3) is 0.304. The van der Waals surface area contributed by atoms with E-state index in [1.165, 1.54) is 43.0 Å². The summed E-state index contributed by atoms with van der Waals surface area (Å²) in [5.41, 5.74) is -3.21. The van der Waals surface area contributed by atoms with E-state index in [0.717, 1.165) is 21.9 Å². The number of carbonyl (C=O) groups excluding carboxylic acids is 1. The van der Waals surface area contributed by atoms with Crippen molar-refractivity contribution in [2.45, 2.75) is 31.7 Å². The zero-order valence-corrected chi connectivity index (χ0v) is 19.7. The third-order valence-electron chi connectivity index (χ3n) is 5.94. The molecule has 0 atom stereocenters. The minimum atomic E-state index is -4.83. The van der Waals surface area contributed by atoms with Crippen LogP contribution in [0.15, 0.2) is 36.4 Å². The number of benzene rings is 2. The third-order valence-corrected chi connectivity index (χ3v) is 6.31. The summed E-state index contributed by atoms with van der Waals surface area (Å²) in [6, 6.07) is 8.14. The highest BCUT2D eigenvalue weighted by molar-refractivity contribution is 7.81. The molecule has 188 valence electrons. The van der Waals surface area contributed by atoms with Gasteiger partial charge in [-0.3, -0.25) is 9.69 Å². The SMILES string of the molecule is CC1(C)C(=O)N(c2ccc(C#N)c(C(F)(F)F)c2)C(=S)N1c1ccc(OC2CN(C(=O)O)C2)c(F)c1. The number of hydrogen-bond donors (Lipinski definition) is 1. The number of likely N-dealkylation sites (tertiary alicyclic amines) is 1. The lowest BCUT2D eigenvalue weighted by Gasteiger charge is -2.37. The van der Waals surface area contributed by atoms with Crippen molar-refractivity contribution in [2.24, 2.45) is 0 Å². The summed E-state index contributed by atoms with van der Waals surface area (Å²) >= 11 is 5.43. The van der Waals surface area contributed by atoms with Gasteiger partial charge in [-0.2, -0.15) is 18.4 Å². The number of ether oxygens (including phenoxy) is 1. The average molecular weight is 522 g/mol. The van der Waals surface area contributed by atoms with Crippen LogP contribution in [-0.4, -0.2) is 51.9 Å². The molecule has 8 nitrogen and oxygen atoms in total. The molecule has 0 spiro atoms. The molecule has 4 rings (SSSR count). The topological polar surface area (TPSA) is 97.1 Å². The van der Waals surface area contributed by atoms with Gasteiger partial charge in [0.05, 0.1) is 36.0 Å². The molecule has 2 aromatic rings. The zero-order valence-electron chi connectivity index (χ0n) is 18.8. The molecule has 0 aliphatic carbocycles. The number of thiocarbonyl (C=S) groups is 1. The van der Waals surface area contributed by atoms with Crippen LogP contribution in [0.1, 0.15) is 25.0 Å². The van der Waals surface area contributed by atoms with Crippen LogP contribution in [0.4, 0.5) is 33.7 Å². The number of hydrogen-bond acceptors (Lipinski definition) is 5. The number of rotatable bonds is 4. The fourth-order valence-corrected chi connectivity index (χ4v) is 4.55. The Bertz CT molecular complexity index is 1320. The fourth-order valence-electron chi connectivity index (χ4n) is 4.03. The largest absolute Gasteiger partial charge is 0.484 e. The highest BCUT2D eigenvalue weighted by atomic mass is 32.1. The molecule has 13 heteroatoms. The predicted molar refractivity (Wildman–Crippen MR) is 123 cm³/mol. The molecule has 0 unspecified atom stereocenters. The van der Waals surface area contributed by atoms with Crippen molar-refractivity contribution in [3.8, 4) is 11.8 Å². The van der Waals surface area contributed by atoms with E-state index in [-0.39, 0.29) is 35.3 Å². The lowest BCUT2D eigenvalue weighted by molar-refractivity contribution is -0.137. The number of carbonyl (C=O) groups is 2. The van der Waals surface area contributed by atoms with Gasteiger partial charge in [-0.25, -0.2) is 9.18 Å². The van der Waals surface area contributed by atoms with Gasteiger partial charge in [-0.05, 0) is 56.4 Å². The minimum Gasteiger partial charge on any atom is -0.484 e. The van der Waals surface area contributed by atoms with E-state index in [0.29, 0.717) is 6.07 Å². The molecule has 0 saturated carbocycles. The van der Waals surface area contributed by atoms with Crippen molar-refractivity contribution in [1.82, 2.24) is 4.90 Å². The number of anilines is 2. The number of nitrogens with zero attached hydrogens (tertiary/aromatic N) is 4. The summed E-state index contributed by atoms with van der Waals surface area (Å²) in [7, 11) is 0. The van der Waals surface area contributed by atoms with Crippen molar-refractivity contribution >= 4 is 40.7 Å². The van der Waals surface area contributed by atoms with Gasteiger partial charge in [0, 0.05) is 11.8 Å². The molecule has 2 aromatic carbocycles. The van der Waals surface area contributed by atoms with E-state index in [4.69, 9.17) is 27.3 Å². The summed E-state index contributed by atoms with van der Waals surface area (Å²) in [6.07, 6.45) is -6.45. The lowest BCUT2D eigenvalue weighted by Crippen LogP contribution is -2.55. The molecule has 2 fully saturated rings. The Labute approximate surface area is 207 Å². The number of amides is 2. The standard InChI is InChI=1S/C23H18F4N4O4S/c1-22(2)19(32)30(13-4-3-12(9-28)16(7-13)23(25,26)27)20(36)31(22)14-5-6-18(17(24)8-14)35-15-10-29(11-15)21(33)34/h3-8,15H,10-11H2,1-2H3,(H,33,34). The summed E-state index contributed by atoms with van der Waals surface area (Å²) in [6.45, 7) is 3.17. The molecular weight excluding hydrogens is 504 g/mol. The maximum atomic E-state index is 14.9. The van der Waals surface area contributed by atoms with Gasteiger partial charge < -0.3 is 19.6 Å². The van der Waals surface area contributed by atoms with Crippen LogP contribution in [0.25, 0.3) is 0 Å². The predicted octanol–water partition coefficient (Wildman–Crippen LogP) is 4.37. The highest BCUT2D eigenvalue weighted by Gasteiger charge is 2.51. The van der Waals surface area contributed by atoms with Crippen LogP contribution >= 0.6 is 12.2 Å². The van der Waals surface area contributed by atoms with E-state index in [2.05, 4.69) is 0 Å². The molecule has 1 N–H and O–H groups in total. The van der Waals surface area contributed by atoms with E-state index in [9.17, 15) is 27.2 Å². The molecule has 0 radical (unpaired) electrons. The first-order valence-electron chi connectivity index (χ1n) is 10.5. The molecule has 0 bridgehead atoms. The van der Waals surface area contributed by atoms with E-state index in [1.54, 1.807) is 0 Å². The van der Waals surface area contributed by atoms with Crippen molar-refractivity contribution < 1.29 is 37.0 Å². The molecular formula is C23H18F4N4O4S. The number of nitriles is 1. The molecule has 2 amide bonds. The zero-order chi connectivity index (χ0) is 26.6. The second kappa shape index (κ2) is 8.63. The Hall–Kier alpha value is -3.92. The first-order valence-corrected chi connectivity index (χ1v) is 10.9. The van der Waals surface area contributed by atoms with Crippen LogP contribution in [0, 0.1) is 17.1 Å². The number of carboxylic acid groups (broad SMARTS) is 1. The Balaban J connectivity index is 1.63. The molecule has 36 heavy (non-hydrogen) atoms. The van der Waals surface area contributed by atoms with Crippen molar-refractivity contribution in [3.63, 3.8) is 0 Å². The van der Waals surface area contributed by atoms with Crippen molar-refractivity contribution in [2.75, 3.05) is 22.9 Å². The lowest BCUT2D eigenvalue weighted by atomic mass is 10.0. The molecule has 2 aliphatic heterocycles. The minimum absolute atomic E-state index is 0.0910. The Morgan fingerprint density at radius 1 is 1.19 bits per heavy atom. The van der Waals surface area contributed by atoms with Gasteiger partial charge in [0.25, 0.3) is 5.91 Å². The summed E-state index contributed by atoms with van der Waals surface area (Å²) in [5, 5.41) is 17.7. The quantitative estimate of drug-likeness (QED) is 0.470. The number of halogens is 4. The van der Waals surface area contributed by atoms with Crippen LogP contribution in [0.5, 0.6) is 5.75 Å². The van der Waals surface area contributed by atoms with Crippen LogP contribution in [0.3, 0.4) is 0 Å². The Morgan fingerprint density at radius 2 is 1.83 bits per heavy atom. The van der Waals surface area contributed by atoms with Crippen LogP contribution in [0.2, 0.25) is 0 Å². The maximum absolute atomic E-state index is 14.9. The van der Waals surface area contributed by atoms with Gasteiger partial charge in [0.1, 0.15) is 11.6 Å². The Morgan fingerprint density at radius 3 is 2.39 bits per heavy atom. The van der Waals surface area contributed by atoms with E-state index in [1.807, 2.05) is 0 Å².